The second kappa shape index (κ2) is 6.91. The predicted octanol–water partition coefficient (Wildman–Crippen LogP) is 3.14. The normalized spacial score (nSPS) is 28.0. The van der Waals surface area contributed by atoms with Gasteiger partial charge >= 0.3 is 0 Å². The van der Waals surface area contributed by atoms with E-state index < -0.39 is 0 Å². The zero-order chi connectivity index (χ0) is 17.3. The molecule has 0 bridgehead atoms. The number of likely N-dealkylation sites (tertiary alicyclic amines) is 1. The van der Waals surface area contributed by atoms with Crippen molar-refractivity contribution in [2.24, 2.45) is 0 Å². The number of nitrogens with one attached hydrogen (secondary N) is 1. The number of piperazine rings is 1. The summed E-state index contributed by atoms with van der Waals surface area (Å²) in [6.07, 6.45) is 1.28. The summed E-state index contributed by atoms with van der Waals surface area (Å²) >= 11 is 0. The van der Waals surface area contributed by atoms with Gasteiger partial charge in [0.2, 0.25) is 0 Å². The van der Waals surface area contributed by atoms with E-state index in [1.165, 1.54) is 24.1 Å². The van der Waals surface area contributed by atoms with Gasteiger partial charge in [-0.15, -0.1) is 0 Å². The van der Waals surface area contributed by atoms with Crippen LogP contribution in [0.3, 0.4) is 0 Å². The van der Waals surface area contributed by atoms with Gasteiger partial charge in [0, 0.05) is 37.8 Å². The van der Waals surface area contributed by atoms with Crippen LogP contribution in [-0.4, -0.2) is 54.6 Å². The molecule has 2 atom stereocenters. The second-order valence-corrected chi connectivity index (χ2v) is 7.72. The fourth-order valence-corrected chi connectivity index (χ4v) is 4.58. The minimum Gasteiger partial charge on any atom is -0.314 e. The molecule has 2 saturated heterocycles. The van der Waals surface area contributed by atoms with Crippen molar-refractivity contribution in [1.29, 1.82) is 0 Å². The summed E-state index contributed by atoms with van der Waals surface area (Å²) in [5.74, 6) is 0. The number of hydrogen-bond acceptors (Lipinski definition) is 3. The molecule has 1 N–H and O–H groups in total. The summed E-state index contributed by atoms with van der Waals surface area (Å²) in [6.45, 7) is 6.90. The molecular formula is C22H29N3. The van der Waals surface area contributed by atoms with Gasteiger partial charge in [0.05, 0.1) is 6.04 Å². The Kier molecular flexibility index (Phi) is 4.63. The Balaban J connectivity index is 1.68. The van der Waals surface area contributed by atoms with E-state index in [-0.39, 0.29) is 5.54 Å². The number of nitrogens with zero attached hydrogens (tertiary/aromatic N) is 2. The van der Waals surface area contributed by atoms with Gasteiger partial charge in [0.25, 0.3) is 0 Å². The Labute approximate surface area is 151 Å². The Morgan fingerprint density at radius 2 is 1.56 bits per heavy atom. The van der Waals surface area contributed by atoms with Gasteiger partial charge < -0.3 is 5.32 Å². The van der Waals surface area contributed by atoms with Crippen LogP contribution in [0.25, 0.3) is 0 Å². The summed E-state index contributed by atoms with van der Waals surface area (Å²) in [4.78, 5) is 5.28. The number of likely N-dealkylation sites (N-methyl/N-ethyl adjacent to an activating group) is 1. The van der Waals surface area contributed by atoms with Crippen LogP contribution in [0.2, 0.25) is 0 Å². The van der Waals surface area contributed by atoms with Crippen molar-refractivity contribution in [3.63, 3.8) is 0 Å². The molecule has 0 aromatic heterocycles. The van der Waals surface area contributed by atoms with Gasteiger partial charge in [-0.25, -0.2) is 0 Å². The molecule has 2 aromatic carbocycles. The third kappa shape index (κ3) is 3.01. The van der Waals surface area contributed by atoms with Gasteiger partial charge in [0.15, 0.2) is 0 Å². The first-order valence-corrected chi connectivity index (χ1v) is 9.48. The molecule has 3 heteroatoms. The highest BCUT2D eigenvalue weighted by Crippen LogP contribution is 2.41. The molecule has 0 spiro atoms. The molecule has 0 radical (unpaired) electrons. The van der Waals surface area contributed by atoms with E-state index in [2.05, 4.69) is 89.8 Å². The third-order valence-corrected chi connectivity index (χ3v) is 6.32. The number of hydrogen-bond donors (Lipinski definition) is 1. The maximum Gasteiger partial charge on any atom is 0.0604 e. The van der Waals surface area contributed by atoms with Crippen molar-refractivity contribution in [2.75, 3.05) is 33.2 Å². The standard InChI is InChI=1S/C22H29N3/c1-22(17-23-14-16-24(22)2)20-13-15-25(20)21(18-9-5-3-6-10-18)19-11-7-4-8-12-19/h3-12,20-21,23H,13-17H2,1-2H3/t20?,22-/m1/s1. The fourth-order valence-electron chi connectivity index (χ4n) is 4.58. The van der Waals surface area contributed by atoms with Crippen LogP contribution in [-0.2, 0) is 0 Å². The number of rotatable bonds is 4. The Bertz CT molecular complexity index is 647. The minimum atomic E-state index is 0.193. The van der Waals surface area contributed by atoms with Crippen LogP contribution < -0.4 is 5.32 Å². The van der Waals surface area contributed by atoms with Crippen molar-refractivity contribution in [1.82, 2.24) is 15.1 Å². The molecule has 2 aliphatic rings. The monoisotopic (exact) mass is 335 g/mol. The van der Waals surface area contributed by atoms with Gasteiger partial charge in [-0.3, -0.25) is 9.80 Å². The maximum absolute atomic E-state index is 3.63. The zero-order valence-electron chi connectivity index (χ0n) is 15.4. The quantitative estimate of drug-likeness (QED) is 0.926. The van der Waals surface area contributed by atoms with Gasteiger partial charge in [-0.05, 0) is 31.5 Å². The SMILES string of the molecule is CN1CCNC[C@]1(C)C1CCN1C(c1ccccc1)c1ccccc1. The lowest BCUT2D eigenvalue weighted by molar-refractivity contribution is -0.0619. The molecule has 25 heavy (non-hydrogen) atoms. The van der Waals surface area contributed by atoms with Crippen LogP contribution in [0.5, 0.6) is 0 Å². The van der Waals surface area contributed by atoms with E-state index in [4.69, 9.17) is 0 Å². The zero-order valence-corrected chi connectivity index (χ0v) is 15.4. The largest absolute Gasteiger partial charge is 0.314 e. The molecular weight excluding hydrogens is 306 g/mol. The highest BCUT2D eigenvalue weighted by atomic mass is 15.3. The lowest BCUT2D eigenvalue weighted by atomic mass is 9.78. The Morgan fingerprint density at radius 3 is 2.04 bits per heavy atom. The van der Waals surface area contributed by atoms with E-state index >= 15 is 0 Å². The van der Waals surface area contributed by atoms with Crippen molar-refractivity contribution in [3.05, 3.63) is 71.8 Å². The average Bonchev–Trinajstić information content (AvgIpc) is 2.62. The average molecular weight is 335 g/mol. The molecule has 2 aliphatic heterocycles. The first kappa shape index (κ1) is 16.8. The topological polar surface area (TPSA) is 18.5 Å². The molecule has 0 amide bonds. The smallest absolute Gasteiger partial charge is 0.0604 e. The molecule has 1 unspecified atom stereocenters. The first-order valence-electron chi connectivity index (χ1n) is 9.48. The molecule has 2 aromatic rings. The predicted molar refractivity (Wildman–Crippen MR) is 104 cm³/mol. The highest BCUT2D eigenvalue weighted by Gasteiger charge is 2.49. The minimum absolute atomic E-state index is 0.193. The Hall–Kier alpha value is -1.68. The molecule has 2 fully saturated rings. The van der Waals surface area contributed by atoms with E-state index in [0.29, 0.717) is 12.1 Å². The highest BCUT2D eigenvalue weighted by molar-refractivity contribution is 5.33. The lowest BCUT2D eigenvalue weighted by Crippen LogP contribution is -2.71. The molecule has 4 rings (SSSR count). The van der Waals surface area contributed by atoms with E-state index in [0.717, 1.165) is 19.6 Å². The molecule has 2 heterocycles. The van der Waals surface area contributed by atoms with E-state index in [1.54, 1.807) is 0 Å². The molecule has 0 saturated carbocycles. The van der Waals surface area contributed by atoms with Crippen LogP contribution in [0.1, 0.15) is 30.5 Å². The van der Waals surface area contributed by atoms with Crippen molar-refractivity contribution >= 4 is 0 Å². The summed E-state index contributed by atoms with van der Waals surface area (Å²) in [5, 5.41) is 3.63. The summed E-state index contributed by atoms with van der Waals surface area (Å²) in [7, 11) is 2.29. The number of benzene rings is 2. The van der Waals surface area contributed by atoms with E-state index in [1.807, 2.05) is 0 Å². The Morgan fingerprint density at radius 1 is 0.960 bits per heavy atom. The van der Waals surface area contributed by atoms with Gasteiger partial charge in [-0.1, -0.05) is 60.7 Å². The van der Waals surface area contributed by atoms with Crippen LogP contribution in [0, 0.1) is 0 Å². The molecule has 3 nitrogen and oxygen atoms in total. The molecule has 0 aliphatic carbocycles. The fraction of sp³-hybridized carbons (Fsp3) is 0.455. The summed E-state index contributed by atoms with van der Waals surface area (Å²) < 4.78 is 0. The molecule has 132 valence electrons. The van der Waals surface area contributed by atoms with Crippen molar-refractivity contribution in [2.45, 2.75) is 31.0 Å². The van der Waals surface area contributed by atoms with Gasteiger partial charge in [-0.2, -0.15) is 0 Å². The van der Waals surface area contributed by atoms with Crippen LogP contribution >= 0.6 is 0 Å². The summed E-state index contributed by atoms with van der Waals surface area (Å²) in [5.41, 5.74) is 2.99. The van der Waals surface area contributed by atoms with Crippen molar-refractivity contribution in [3.8, 4) is 0 Å². The first-order chi connectivity index (χ1) is 12.2. The third-order valence-electron chi connectivity index (χ3n) is 6.32. The van der Waals surface area contributed by atoms with Crippen LogP contribution in [0.15, 0.2) is 60.7 Å². The lowest BCUT2D eigenvalue weighted by Gasteiger charge is -2.58. The summed E-state index contributed by atoms with van der Waals surface area (Å²) in [6, 6.07) is 22.9. The maximum atomic E-state index is 3.63. The van der Waals surface area contributed by atoms with Crippen LogP contribution in [0.4, 0.5) is 0 Å². The van der Waals surface area contributed by atoms with E-state index in [9.17, 15) is 0 Å². The van der Waals surface area contributed by atoms with Gasteiger partial charge in [0.1, 0.15) is 0 Å². The second-order valence-electron chi connectivity index (χ2n) is 7.72. The van der Waals surface area contributed by atoms with Crippen molar-refractivity contribution < 1.29 is 0 Å².